The molecule has 0 amide bonds. The van der Waals surface area contributed by atoms with E-state index in [1.807, 2.05) is 36.5 Å². The van der Waals surface area contributed by atoms with Crippen molar-refractivity contribution < 1.29 is 51.5 Å². The smallest absolute Gasteiger partial charge is 1.00 e. The molecule has 0 fully saturated rings. The second kappa shape index (κ2) is 19.1. The molecule has 2 atom stereocenters. The van der Waals surface area contributed by atoms with Crippen LogP contribution in [0.2, 0.25) is 0 Å². The van der Waals surface area contributed by atoms with Crippen LogP contribution in [0.5, 0.6) is 0 Å². The van der Waals surface area contributed by atoms with Gasteiger partial charge in [-0.25, -0.2) is 4.98 Å². The molecule has 0 aliphatic heterocycles. The number of pyridine rings is 1. The molecule has 1 heterocycles. The number of alkyl halides is 2. The van der Waals surface area contributed by atoms with Crippen molar-refractivity contribution in [2.45, 2.75) is 23.5 Å². The molecule has 0 saturated carbocycles. The van der Waals surface area contributed by atoms with Crippen LogP contribution in [-0.4, -0.2) is 37.6 Å². The summed E-state index contributed by atoms with van der Waals surface area (Å²) in [5, 5.41) is 14.8. The van der Waals surface area contributed by atoms with E-state index in [2.05, 4.69) is 68.7 Å². The van der Waals surface area contributed by atoms with Gasteiger partial charge in [-0.2, -0.15) is 0 Å². The molecule has 3 rings (SSSR count). The predicted molar refractivity (Wildman–Crippen MR) is 137 cm³/mol. The van der Waals surface area contributed by atoms with Crippen LogP contribution in [0.15, 0.2) is 63.6 Å². The van der Waals surface area contributed by atoms with Gasteiger partial charge in [-0.1, -0.05) is 62.2 Å². The first-order chi connectivity index (χ1) is 14.0. The van der Waals surface area contributed by atoms with Gasteiger partial charge in [0, 0.05) is 22.8 Å². The number of nitrogens with one attached hydrogen (secondary N) is 2. The van der Waals surface area contributed by atoms with Gasteiger partial charge in [0.15, 0.2) is 11.6 Å². The minimum Gasteiger partial charge on any atom is -1.00 e. The van der Waals surface area contributed by atoms with Crippen LogP contribution in [0.3, 0.4) is 0 Å². The number of carbonyl (C=O) groups excluding carboxylic acids is 2. The summed E-state index contributed by atoms with van der Waals surface area (Å²) < 4.78 is 1.71. The van der Waals surface area contributed by atoms with Gasteiger partial charge in [0.25, 0.3) is 0 Å². The summed E-state index contributed by atoms with van der Waals surface area (Å²) in [5.41, 5.74) is 1.83. The number of Topliss-reactive ketones (excluding diaryl/α,β-unsaturated/α-hetero) is 2. The average Bonchev–Trinajstić information content (AvgIpc) is 2.71. The molecule has 1 aromatic rings. The van der Waals surface area contributed by atoms with Gasteiger partial charge in [-0.05, 0) is 56.1 Å². The van der Waals surface area contributed by atoms with Crippen LogP contribution in [0.4, 0.5) is 0 Å². The van der Waals surface area contributed by atoms with Crippen molar-refractivity contribution in [1.29, 1.82) is 10.8 Å². The first-order valence-electron chi connectivity index (χ1n) is 8.57. The maximum atomic E-state index is 10.8. The molecule has 33 heavy (non-hydrogen) atoms. The molecule has 180 valence electrons. The standard InChI is InChI=1S/C9H9NO2.2C6H5Br2N.2ClH.Fe/c1-6(11)8-4-3-5-9(10-8)7(2)12;2*7-4-2-1-3-5(8)6(4)9;;;/h3-5H,1-2H3;2*1-4,9H;2*1H;/q;;;;;+2/p-2. The fourth-order valence-corrected chi connectivity index (χ4v) is 4.20. The van der Waals surface area contributed by atoms with Gasteiger partial charge in [-0.3, -0.25) is 9.59 Å². The van der Waals surface area contributed by atoms with E-state index in [1.54, 1.807) is 18.2 Å². The SMILES string of the molecule is CC(=O)c1cccc(C(C)=O)n1.N=C1C(Br)=CC=CC1Br.N=C1C(Br)=CC=CC1Br.[Cl-].[Cl-].[Fe+2]. The fraction of sp³-hybridized carbons (Fsp3) is 0.190. The van der Waals surface area contributed by atoms with Gasteiger partial charge >= 0.3 is 17.1 Å². The average molecular weight is 792 g/mol. The molecule has 0 saturated heterocycles. The Morgan fingerprint density at radius 1 is 0.818 bits per heavy atom. The molecule has 2 aliphatic rings. The summed E-state index contributed by atoms with van der Waals surface area (Å²) in [6.45, 7) is 2.85. The van der Waals surface area contributed by atoms with Crippen LogP contribution in [0, 0.1) is 10.8 Å². The number of rotatable bonds is 2. The number of halogens is 6. The third-order valence-electron chi connectivity index (χ3n) is 3.58. The second-order valence-electron chi connectivity index (χ2n) is 5.95. The van der Waals surface area contributed by atoms with Crippen LogP contribution < -0.4 is 24.8 Å². The summed E-state index contributed by atoms with van der Waals surface area (Å²) in [4.78, 5) is 25.7. The Balaban J connectivity index is -0.000000396. The zero-order chi connectivity index (χ0) is 22.8. The maximum Gasteiger partial charge on any atom is 2.00 e. The number of allylic oxidation sites excluding steroid dienone is 8. The molecular formula is C21H19Br4Cl2FeN3O2. The number of aromatic nitrogens is 1. The third kappa shape index (κ3) is 13.5. The molecule has 0 aromatic carbocycles. The second-order valence-corrected chi connectivity index (χ2v) is 9.63. The Bertz CT molecular complexity index is 909. The van der Waals surface area contributed by atoms with Crippen molar-refractivity contribution in [2.75, 3.05) is 0 Å². The van der Waals surface area contributed by atoms with Crippen molar-refractivity contribution in [2.24, 2.45) is 0 Å². The topological polar surface area (TPSA) is 94.7 Å². The van der Waals surface area contributed by atoms with Crippen LogP contribution in [0.25, 0.3) is 0 Å². The summed E-state index contributed by atoms with van der Waals surface area (Å²) in [5.74, 6) is -0.254. The molecule has 0 spiro atoms. The van der Waals surface area contributed by atoms with Crippen molar-refractivity contribution in [1.82, 2.24) is 4.98 Å². The Hall–Kier alpha value is -0.191. The first kappa shape index (κ1) is 37.4. The zero-order valence-electron chi connectivity index (χ0n) is 17.2. The third-order valence-corrected chi connectivity index (χ3v) is 6.49. The monoisotopic (exact) mass is 787 g/mol. The molecule has 5 nitrogen and oxygen atoms in total. The number of nitrogens with zero attached hydrogens (tertiary/aromatic N) is 1. The minimum absolute atomic E-state index is 0. The predicted octanol–water partition coefficient (Wildman–Crippen LogP) is 0.729. The van der Waals surface area contributed by atoms with E-state index in [0.29, 0.717) is 22.8 Å². The molecule has 0 bridgehead atoms. The van der Waals surface area contributed by atoms with Crippen LogP contribution in [0.1, 0.15) is 34.8 Å². The minimum atomic E-state index is -0.127. The Morgan fingerprint density at radius 2 is 1.15 bits per heavy atom. The van der Waals surface area contributed by atoms with Gasteiger partial charge in [0.2, 0.25) is 0 Å². The quantitative estimate of drug-likeness (QED) is 0.263. The Labute approximate surface area is 250 Å². The number of ketones is 2. The molecule has 0 radical (unpaired) electrons. The number of carbonyl (C=O) groups is 2. The maximum absolute atomic E-state index is 10.8. The summed E-state index contributed by atoms with van der Waals surface area (Å²) in [6, 6.07) is 4.84. The summed E-state index contributed by atoms with van der Waals surface area (Å²) in [6.07, 6.45) is 11.4. The van der Waals surface area contributed by atoms with E-state index >= 15 is 0 Å². The largest absolute Gasteiger partial charge is 2.00 e. The van der Waals surface area contributed by atoms with Crippen molar-refractivity contribution in [3.05, 3.63) is 75.0 Å². The van der Waals surface area contributed by atoms with E-state index in [9.17, 15) is 9.59 Å². The van der Waals surface area contributed by atoms with Gasteiger partial charge in [-0.15, -0.1) is 0 Å². The molecule has 2 aliphatic carbocycles. The van der Waals surface area contributed by atoms with Gasteiger partial charge in [0.05, 0.1) is 21.1 Å². The van der Waals surface area contributed by atoms with Crippen molar-refractivity contribution in [3.8, 4) is 0 Å². The summed E-state index contributed by atoms with van der Waals surface area (Å²) >= 11 is 13.1. The van der Waals surface area contributed by atoms with E-state index in [-0.39, 0.29) is 63.1 Å². The fourth-order valence-electron chi connectivity index (χ4n) is 1.94. The normalized spacial score (nSPS) is 17.8. The zero-order valence-corrected chi connectivity index (χ0v) is 26.2. The van der Waals surface area contributed by atoms with E-state index in [4.69, 9.17) is 10.8 Å². The van der Waals surface area contributed by atoms with Crippen LogP contribution in [-0.2, 0) is 17.1 Å². The molecule has 1 aromatic heterocycles. The number of hydrogen-bond donors (Lipinski definition) is 2. The van der Waals surface area contributed by atoms with Gasteiger partial charge < -0.3 is 35.6 Å². The first-order valence-corrected chi connectivity index (χ1v) is 12.0. The van der Waals surface area contributed by atoms with E-state index < -0.39 is 0 Å². The summed E-state index contributed by atoms with van der Waals surface area (Å²) in [7, 11) is 0. The molecule has 2 unspecified atom stereocenters. The Kier molecular flexibility index (Phi) is 21.6. The molecular weight excluding hydrogens is 773 g/mol. The van der Waals surface area contributed by atoms with E-state index in [1.165, 1.54) is 13.8 Å². The van der Waals surface area contributed by atoms with E-state index in [0.717, 1.165) is 8.96 Å². The van der Waals surface area contributed by atoms with Gasteiger partial charge in [0.1, 0.15) is 11.4 Å². The van der Waals surface area contributed by atoms with Crippen molar-refractivity contribution in [3.63, 3.8) is 0 Å². The Morgan fingerprint density at radius 3 is 1.39 bits per heavy atom. The van der Waals surface area contributed by atoms with Crippen molar-refractivity contribution >= 4 is 86.7 Å². The van der Waals surface area contributed by atoms with Crippen LogP contribution >= 0.6 is 63.7 Å². The molecule has 2 N–H and O–H groups in total. The molecule has 12 heteroatoms. The number of hydrogen-bond acceptors (Lipinski definition) is 5.